The summed E-state index contributed by atoms with van der Waals surface area (Å²) in [5.41, 5.74) is -0.567. The molecular weight excluding hydrogens is 348 g/mol. The molecule has 0 bridgehead atoms. The number of amides is 3. The Morgan fingerprint density at radius 3 is 2.00 bits per heavy atom. The first kappa shape index (κ1) is 25.2. The van der Waals surface area contributed by atoms with Crippen LogP contribution in [0.25, 0.3) is 0 Å². The Balaban J connectivity index is 4.61. The quantitative estimate of drug-likeness (QED) is 0.455. The van der Waals surface area contributed by atoms with Crippen LogP contribution in [0, 0.1) is 5.92 Å². The van der Waals surface area contributed by atoms with Gasteiger partial charge in [-0.2, -0.15) is 0 Å². The Morgan fingerprint density at radius 2 is 1.52 bits per heavy atom. The van der Waals surface area contributed by atoms with Gasteiger partial charge in [0, 0.05) is 19.1 Å². The van der Waals surface area contributed by atoms with Gasteiger partial charge >= 0.3 is 6.09 Å². The van der Waals surface area contributed by atoms with Crippen LogP contribution in [0.15, 0.2) is 0 Å². The number of hydrogen-bond acceptors (Lipinski definition) is 5. The summed E-state index contributed by atoms with van der Waals surface area (Å²) in [4.78, 5) is 36.0. The van der Waals surface area contributed by atoms with Crippen molar-refractivity contribution in [3.63, 3.8) is 0 Å². The maximum Gasteiger partial charge on any atom is 0.407 e. The lowest BCUT2D eigenvalue weighted by atomic mass is 10.0. The molecule has 158 valence electrons. The Labute approximate surface area is 163 Å². The average Bonchev–Trinajstić information content (AvgIpc) is 2.49. The fraction of sp³-hybridized carbons (Fsp3) is 0.842. The zero-order valence-corrected chi connectivity index (χ0v) is 18.1. The third kappa shape index (κ3) is 12.2. The zero-order chi connectivity index (χ0) is 21.2. The van der Waals surface area contributed by atoms with Crippen molar-refractivity contribution in [3.05, 3.63) is 0 Å². The molecule has 0 rings (SSSR count). The average molecular weight is 387 g/mol. The van der Waals surface area contributed by atoms with Gasteiger partial charge in [0.2, 0.25) is 11.8 Å². The molecule has 0 radical (unpaired) electrons. The van der Waals surface area contributed by atoms with Crippen molar-refractivity contribution in [2.24, 2.45) is 5.92 Å². The van der Waals surface area contributed by atoms with E-state index in [0.29, 0.717) is 19.0 Å². The van der Waals surface area contributed by atoms with Crippen molar-refractivity contribution in [1.29, 1.82) is 0 Å². The first-order valence-corrected chi connectivity index (χ1v) is 9.66. The summed E-state index contributed by atoms with van der Waals surface area (Å²) in [5, 5.41) is 11.3. The maximum absolute atomic E-state index is 12.2. The maximum atomic E-state index is 12.2. The SMILES string of the molecule is CCNC(=O)C(C)NC(=O)C(C)NCC(CC(C)C)NC(=O)OC(C)(C)C. The van der Waals surface area contributed by atoms with Crippen LogP contribution >= 0.6 is 0 Å². The van der Waals surface area contributed by atoms with Crippen molar-refractivity contribution in [1.82, 2.24) is 21.3 Å². The smallest absolute Gasteiger partial charge is 0.407 e. The number of alkyl carbamates (subject to hydrolysis) is 1. The molecule has 8 nitrogen and oxygen atoms in total. The van der Waals surface area contributed by atoms with Gasteiger partial charge in [0.25, 0.3) is 0 Å². The largest absolute Gasteiger partial charge is 0.444 e. The van der Waals surface area contributed by atoms with E-state index in [1.807, 2.05) is 27.7 Å². The topological polar surface area (TPSA) is 109 Å². The van der Waals surface area contributed by atoms with Gasteiger partial charge in [-0.1, -0.05) is 13.8 Å². The number of likely N-dealkylation sites (N-methyl/N-ethyl adjacent to an activating group) is 1. The van der Waals surface area contributed by atoms with Crippen molar-refractivity contribution in [3.8, 4) is 0 Å². The first-order valence-electron chi connectivity index (χ1n) is 9.66. The normalized spacial score (nSPS) is 14.9. The van der Waals surface area contributed by atoms with Gasteiger partial charge in [0.1, 0.15) is 11.6 Å². The molecule has 0 saturated carbocycles. The van der Waals surface area contributed by atoms with Crippen LogP contribution in [0.3, 0.4) is 0 Å². The molecule has 0 heterocycles. The molecule has 3 amide bonds. The van der Waals surface area contributed by atoms with E-state index in [2.05, 4.69) is 35.1 Å². The third-order valence-electron chi connectivity index (χ3n) is 3.64. The van der Waals surface area contributed by atoms with Gasteiger partial charge < -0.3 is 26.0 Å². The lowest BCUT2D eigenvalue weighted by molar-refractivity contribution is -0.129. The molecule has 0 spiro atoms. The van der Waals surface area contributed by atoms with Crippen LogP contribution in [-0.2, 0) is 14.3 Å². The van der Waals surface area contributed by atoms with E-state index in [-0.39, 0.29) is 17.9 Å². The third-order valence-corrected chi connectivity index (χ3v) is 3.64. The fourth-order valence-electron chi connectivity index (χ4n) is 2.38. The van der Waals surface area contributed by atoms with Crippen molar-refractivity contribution < 1.29 is 19.1 Å². The summed E-state index contributed by atoms with van der Waals surface area (Å²) in [7, 11) is 0. The van der Waals surface area contributed by atoms with Crippen LogP contribution in [0.2, 0.25) is 0 Å². The van der Waals surface area contributed by atoms with Gasteiger partial charge in [0.05, 0.1) is 6.04 Å². The highest BCUT2D eigenvalue weighted by Gasteiger charge is 2.23. The second-order valence-corrected chi connectivity index (χ2v) is 8.23. The summed E-state index contributed by atoms with van der Waals surface area (Å²) in [6.45, 7) is 15.7. The van der Waals surface area contributed by atoms with E-state index in [9.17, 15) is 14.4 Å². The molecule has 4 N–H and O–H groups in total. The van der Waals surface area contributed by atoms with Gasteiger partial charge in [-0.05, 0) is 53.9 Å². The minimum atomic E-state index is -0.604. The Kier molecular flexibility index (Phi) is 11.0. The lowest BCUT2D eigenvalue weighted by Gasteiger charge is -2.26. The Bertz CT molecular complexity index is 489. The summed E-state index contributed by atoms with van der Waals surface area (Å²) < 4.78 is 5.30. The van der Waals surface area contributed by atoms with Crippen molar-refractivity contribution >= 4 is 17.9 Å². The highest BCUT2D eigenvalue weighted by molar-refractivity contribution is 5.89. The molecule has 0 aliphatic rings. The van der Waals surface area contributed by atoms with Crippen LogP contribution in [0.4, 0.5) is 4.79 Å². The lowest BCUT2D eigenvalue weighted by Crippen LogP contribution is -2.53. The van der Waals surface area contributed by atoms with Crippen LogP contribution in [-0.4, -0.2) is 54.7 Å². The number of rotatable bonds is 10. The van der Waals surface area contributed by atoms with E-state index in [1.54, 1.807) is 13.8 Å². The molecule has 8 heteroatoms. The second kappa shape index (κ2) is 11.8. The number of hydrogen-bond donors (Lipinski definition) is 4. The van der Waals surface area contributed by atoms with Crippen molar-refractivity contribution in [2.45, 2.75) is 85.5 Å². The van der Waals surface area contributed by atoms with Gasteiger partial charge in [-0.15, -0.1) is 0 Å². The fourth-order valence-corrected chi connectivity index (χ4v) is 2.38. The molecule has 3 unspecified atom stereocenters. The predicted molar refractivity (Wildman–Crippen MR) is 106 cm³/mol. The van der Waals surface area contributed by atoms with E-state index in [0.717, 1.165) is 6.42 Å². The molecule has 0 aliphatic carbocycles. The molecule has 0 saturated heterocycles. The first-order chi connectivity index (χ1) is 12.4. The summed E-state index contributed by atoms with van der Waals surface area (Å²) in [6, 6.07) is -1.28. The summed E-state index contributed by atoms with van der Waals surface area (Å²) >= 11 is 0. The summed E-state index contributed by atoms with van der Waals surface area (Å²) in [6.07, 6.45) is 0.271. The number of ether oxygens (including phenoxy) is 1. The molecule has 3 atom stereocenters. The van der Waals surface area contributed by atoms with Crippen LogP contribution < -0.4 is 21.3 Å². The molecule has 0 fully saturated rings. The zero-order valence-electron chi connectivity index (χ0n) is 18.1. The van der Waals surface area contributed by atoms with Gasteiger partial charge in [-0.25, -0.2) is 4.79 Å². The molecule has 0 aliphatic heterocycles. The number of nitrogens with one attached hydrogen (secondary N) is 4. The standard InChI is InChI=1S/C19H38N4O4/c1-9-20-16(24)14(5)22-17(25)13(4)21-11-15(10-12(2)3)23-18(26)27-19(6,7)8/h12-15,21H,9-11H2,1-8H3,(H,20,24)(H,22,25)(H,23,26). The number of carbonyl (C=O) groups excluding carboxylic acids is 3. The molecule has 0 aromatic carbocycles. The van der Waals surface area contributed by atoms with Gasteiger partial charge in [-0.3, -0.25) is 9.59 Å². The number of carbonyl (C=O) groups is 3. The monoisotopic (exact) mass is 386 g/mol. The van der Waals surface area contributed by atoms with E-state index in [4.69, 9.17) is 4.74 Å². The molecule has 0 aromatic rings. The summed E-state index contributed by atoms with van der Waals surface area (Å²) in [5.74, 6) is -0.120. The minimum Gasteiger partial charge on any atom is -0.444 e. The highest BCUT2D eigenvalue weighted by Crippen LogP contribution is 2.09. The molecule has 27 heavy (non-hydrogen) atoms. The molecular formula is C19H38N4O4. The minimum absolute atomic E-state index is 0.170. The van der Waals surface area contributed by atoms with E-state index < -0.39 is 23.8 Å². The van der Waals surface area contributed by atoms with E-state index in [1.165, 1.54) is 0 Å². The van der Waals surface area contributed by atoms with Crippen LogP contribution in [0.5, 0.6) is 0 Å². The predicted octanol–water partition coefficient (Wildman–Crippen LogP) is 1.54. The van der Waals surface area contributed by atoms with E-state index >= 15 is 0 Å². The Morgan fingerprint density at radius 1 is 0.926 bits per heavy atom. The van der Waals surface area contributed by atoms with Gasteiger partial charge in [0.15, 0.2) is 0 Å². The second-order valence-electron chi connectivity index (χ2n) is 8.23. The highest BCUT2D eigenvalue weighted by atomic mass is 16.6. The Hall–Kier alpha value is -1.83. The van der Waals surface area contributed by atoms with Crippen molar-refractivity contribution in [2.75, 3.05) is 13.1 Å². The molecule has 0 aromatic heterocycles. The van der Waals surface area contributed by atoms with Crippen LogP contribution in [0.1, 0.15) is 61.8 Å².